The fourth-order valence-electron chi connectivity index (χ4n) is 2.47. The van der Waals surface area contributed by atoms with E-state index in [9.17, 15) is 4.79 Å². The minimum Gasteiger partial charge on any atom is -0.389 e. The second-order valence-corrected chi connectivity index (χ2v) is 5.66. The molecule has 2 rings (SSSR count). The highest BCUT2D eigenvalue weighted by molar-refractivity contribution is 7.80. The van der Waals surface area contributed by atoms with Crippen LogP contribution in [0, 0.1) is 0 Å². The molecule has 3 N–H and O–H groups in total. The van der Waals surface area contributed by atoms with Gasteiger partial charge in [0.05, 0.1) is 12.6 Å². The maximum Gasteiger partial charge on any atom is 0.238 e. The van der Waals surface area contributed by atoms with E-state index in [1.54, 1.807) is 31.4 Å². The van der Waals surface area contributed by atoms with Crippen molar-refractivity contribution in [2.45, 2.75) is 18.9 Å². The Morgan fingerprint density at radius 3 is 2.81 bits per heavy atom. The number of ether oxygens (including phenoxy) is 1. The van der Waals surface area contributed by atoms with Crippen LogP contribution in [0.4, 0.5) is 5.69 Å². The first-order valence-electron chi connectivity index (χ1n) is 7.03. The summed E-state index contributed by atoms with van der Waals surface area (Å²) in [5.74, 6) is -0.0187. The van der Waals surface area contributed by atoms with Gasteiger partial charge in [-0.05, 0) is 43.7 Å². The van der Waals surface area contributed by atoms with Crippen LogP contribution in [-0.2, 0) is 9.53 Å². The average molecular weight is 307 g/mol. The van der Waals surface area contributed by atoms with Crippen LogP contribution in [0.25, 0.3) is 0 Å². The molecule has 1 amide bonds. The SMILES string of the molecule is COC1CCCN(CC(=O)Nc2ccc(C(N)=S)cc2)C1. The van der Waals surface area contributed by atoms with Gasteiger partial charge in [-0.3, -0.25) is 9.69 Å². The predicted octanol–water partition coefficient (Wildman–Crippen LogP) is 1.37. The number of piperidine rings is 1. The molecule has 114 valence electrons. The van der Waals surface area contributed by atoms with E-state index in [1.165, 1.54) is 0 Å². The van der Waals surface area contributed by atoms with Crippen LogP contribution in [-0.4, -0.2) is 48.6 Å². The Kier molecular flexibility index (Phi) is 5.67. The molecule has 0 aromatic heterocycles. The molecule has 1 aliphatic rings. The molecule has 1 atom stereocenters. The number of anilines is 1. The lowest BCUT2D eigenvalue weighted by molar-refractivity contribution is -0.118. The largest absolute Gasteiger partial charge is 0.389 e. The number of likely N-dealkylation sites (tertiary alicyclic amines) is 1. The van der Waals surface area contributed by atoms with Gasteiger partial charge < -0.3 is 15.8 Å². The Hall–Kier alpha value is -1.50. The molecule has 1 aromatic carbocycles. The van der Waals surface area contributed by atoms with E-state index in [4.69, 9.17) is 22.7 Å². The second-order valence-electron chi connectivity index (χ2n) is 5.22. The zero-order chi connectivity index (χ0) is 15.2. The van der Waals surface area contributed by atoms with E-state index < -0.39 is 0 Å². The Bertz CT molecular complexity index is 504. The van der Waals surface area contributed by atoms with Crippen LogP contribution < -0.4 is 11.1 Å². The van der Waals surface area contributed by atoms with Gasteiger partial charge in [0.2, 0.25) is 5.91 Å². The van der Waals surface area contributed by atoms with Gasteiger partial charge in [-0.1, -0.05) is 12.2 Å². The van der Waals surface area contributed by atoms with Gasteiger partial charge in [0.15, 0.2) is 0 Å². The van der Waals surface area contributed by atoms with Crippen molar-refractivity contribution in [2.75, 3.05) is 32.1 Å². The molecular formula is C15H21N3O2S. The highest BCUT2D eigenvalue weighted by Gasteiger charge is 2.21. The van der Waals surface area contributed by atoms with Gasteiger partial charge in [0.1, 0.15) is 4.99 Å². The first-order chi connectivity index (χ1) is 10.1. The third kappa shape index (κ3) is 4.77. The van der Waals surface area contributed by atoms with Gasteiger partial charge in [0, 0.05) is 24.9 Å². The Balaban J connectivity index is 1.85. The highest BCUT2D eigenvalue weighted by Crippen LogP contribution is 2.13. The lowest BCUT2D eigenvalue weighted by Gasteiger charge is -2.31. The van der Waals surface area contributed by atoms with Crippen molar-refractivity contribution in [1.29, 1.82) is 0 Å². The Labute approximate surface area is 130 Å². The summed E-state index contributed by atoms with van der Waals surface area (Å²) in [6, 6.07) is 7.22. The molecule has 6 heteroatoms. The van der Waals surface area contributed by atoms with E-state index in [2.05, 4.69) is 10.2 Å². The molecule has 21 heavy (non-hydrogen) atoms. The van der Waals surface area contributed by atoms with Crippen LogP contribution in [0.3, 0.4) is 0 Å². The zero-order valence-electron chi connectivity index (χ0n) is 12.2. The van der Waals surface area contributed by atoms with Gasteiger partial charge in [-0.2, -0.15) is 0 Å². The fraction of sp³-hybridized carbons (Fsp3) is 0.467. The van der Waals surface area contributed by atoms with E-state index >= 15 is 0 Å². The fourth-order valence-corrected chi connectivity index (χ4v) is 2.61. The summed E-state index contributed by atoms with van der Waals surface area (Å²) < 4.78 is 5.36. The second kappa shape index (κ2) is 7.49. The summed E-state index contributed by atoms with van der Waals surface area (Å²) in [6.45, 7) is 2.13. The average Bonchev–Trinajstić information content (AvgIpc) is 2.47. The van der Waals surface area contributed by atoms with Crippen LogP contribution in [0.15, 0.2) is 24.3 Å². The summed E-state index contributed by atoms with van der Waals surface area (Å²) >= 11 is 4.90. The van der Waals surface area contributed by atoms with Crippen molar-refractivity contribution >= 4 is 28.8 Å². The van der Waals surface area contributed by atoms with Gasteiger partial charge in [-0.15, -0.1) is 0 Å². The number of benzene rings is 1. The summed E-state index contributed by atoms with van der Waals surface area (Å²) in [5.41, 5.74) is 7.08. The number of amides is 1. The summed E-state index contributed by atoms with van der Waals surface area (Å²) in [4.78, 5) is 14.5. The van der Waals surface area contributed by atoms with Crippen molar-refractivity contribution in [1.82, 2.24) is 4.90 Å². The molecule has 1 fully saturated rings. The molecule has 0 aliphatic carbocycles. The maximum absolute atomic E-state index is 12.1. The normalized spacial score (nSPS) is 19.2. The number of thiocarbonyl (C=S) groups is 1. The number of methoxy groups -OCH3 is 1. The number of hydrogen-bond donors (Lipinski definition) is 2. The molecular weight excluding hydrogens is 286 g/mol. The van der Waals surface area contributed by atoms with Crippen LogP contribution in [0.1, 0.15) is 18.4 Å². The van der Waals surface area contributed by atoms with Gasteiger partial charge in [-0.25, -0.2) is 0 Å². The van der Waals surface area contributed by atoms with Crippen molar-refractivity contribution in [3.63, 3.8) is 0 Å². The van der Waals surface area contributed by atoms with Crippen LogP contribution >= 0.6 is 12.2 Å². The Morgan fingerprint density at radius 1 is 1.48 bits per heavy atom. The topological polar surface area (TPSA) is 67.6 Å². The molecule has 0 radical (unpaired) electrons. The molecule has 1 heterocycles. The summed E-state index contributed by atoms with van der Waals surface area (Å²) in [5, 5.41) is 2.88. The van der Waals surface area contributed by atoms with E-state index in [1.807, 2.05) is 0 Å². The molecule has 5 nitrogen and oxygen atoms in total. The minimum atomic E-state index is -0.0187. The van der Waals surface area contributed by atoms with Gasteiger partial charge >= 0.3 is 0 Å². The Morgan fingerprint density at radius 2 is 2.19 bits per heavy atom. The predicted molar refractivity (Wildman–Crippen MR) is 87.4 cm³/mol. The van der Waals surface area contributed by atoms with Crippen LogP contribution in [0.5, 0.6) is 0 Å². The zero-order valence-corrected chi connectivity index (χ0v) is 13.0. The van der Waals surface area contributed by atoms with Crippen LogP contribution in [0.2, 0.25) is 0 Å². The number of hydrogen-bond acceptors (Lipinski definition) is 4. The number of nitrogens with zero attached hydrogens (tertiary/aromatic N) is 1. The number of rotatable bonds is 5. The number of nitrogens with one attached hydrogen (secondary N) is 1. The summed E-state index contributed by atoms with van der Waals surface area (Å²) in [6.07, 6.45) is 2.36. The van der Waals surface area contributed by atoms with Crippen molar-refractivity contribution in [3.05, 3.63) is 29.8 Å². The minimum absolute atomic E-state index is 0.0187. The molecule has 0 spiro atoms. The number of carbonyl (C=O) groups is 1. The molecule has 0 bridgehead atoms. The number of carbonyl (C=O) groups excluding carboxylic acids is 1. The maximum atomic E-state index is 12.1. The van der Waals surface area contributed by atoms with Crippen molar-refractivity contribution in [2.24, 2.45) is 5.73 Å². The standard InChI is InChI=1S/C15H21N3O2S/c1-20-13-3-2-8-18(9-13)10-14(19)17-12-6-4-11(5-7-12)15(16)21/h4-7,13H,2-3,8-10H2,1H3,(H2,16,21)(H,17,19). The first kappa shape index (κ1) is 15.9. The molecule has 1 saturated heterocycles. The van der Waals surface area contributed by atoms with Crippen molar-refractivity contribution in [3.8, 4) is 0 Å². The van der Waals surface area contributed by atoms with Gasteiger partial charge in [0.25, 0.3) is 0 Å². The third-order valence-electron chi connectivity index (χ3n) is 3.62. The quantitative estimate of drug-likeness (QED) is 0.804. The molecule has 1 aromatic rings. The monoisotopic (exact) mass is 307 g/mol. The first-order valence-corrected chi connectivity index (χ1v) is 7.44. The van der Waals surface area contributed by atoms with E-state index in [-0.39, 0.29) is 12.0 Å². The van der Waals surface area contributed by atoms with Crippen molar-refractivity contribution < 1.29 is 9.53 Å². The third-order valence-corrected chi connectivity index (χ3v) is 3.85. The van der Waals surface area contributed by atoms with E-state index in [0.29, 0.717) is 11.5 Å². The lowest BCUT2D eigenvalue weighted by Crippen LogP contribution is -2.43. The smallest absolute Gasteiger partial charge is 0.238 e. The molecule has 1 unspecified atom stereocenters. The molecule has 1 aliphatic heterocycles. The summed E-state index contributed by atoms with van der Waals surface area (Å²) in [7, 11) is 1.72. The highest BCUT2D eigenvalue weighted by atomic mass is 32.1. The number of nitrogens with two attached hydrogens (primary N) is 1. The molecule has 0 saturated carbocycles. The van der Waals surface area contributed by atoms with E-state index in [0.717, 1.165) is 37.2 Å². The lowest BCUT2D eigenvalue weighted by atomic mass is 10.1.